The van der Waals surface area contributed by atoms with Gasteiger partial charge in [0, 0.05) is 39.6 Å². The van der Waals surface area contributed by atoms with Crippen LogP contribution in [-0.4, -0.2) is 50.0 Å². The van der Waals surface area contributed by atoms with Gasteiger partial charge in [-0.3, -0.25) is 9.79 Å². The van der Waals surface area contributed by atoms with Crippen LogP contribution in [-0.2, 0) is 4.79 Å². The SMILES string of the molecule is CCNC(=NCC1(C2CC2)CCC1)N1CCC(CC(=O)NC)CC1. The van der Waals surface area contributed by atoms with E-state index in [1.54, 1.807) is 7.05 Å². The molecule has 0 aromatic heterocycles. The summed E-state index contributed by atoms with van der Waals surface area (Å²) in [6, 6.07) is 0. The maximum atomic E-state index is 11.6. The first-order chi connectivity index (χ1) is 11.7. The summed E-state index contributed by atoms with van der Waals surface area (Å²) in [6.45, 7) is 6.12. The molecule has 24 heavy (non-hydrogen) atoms. The van der Waals surface area contributed by atoms with Crippen molar-refractivity contribution in [1.29, 1.82) is 0 Å². The first-order valence-corrected chi connectivity index (χ1v) is 9.90. The van der Waals surface area contributed by atoms with Gasteiger partial charge in [0.25, 0.3) is 0 Å². The van der Waals surface area contributed by atoms with Crippen molar-refractivity contribution in [2.24, 2.45) is 22.2 Å². The van der Waals surface area contributed by atoms with E-state index in [-0.39, 0.29) is 5.91 Å². The molecule has 3 fully saturated rings. The Balaban J connectivity index is 1.54. The largest absolute Gasteiger partial charge is 0.359 e. The molecule has 1 amide bonds. The molecule has 2 aliphatic carbocycles. The quantitative estimate of drug-likeness (QED) is 0.579. The minimum absolute atomic E-state index is 0.172. The van der Waals surface area contributed by atoms with E-state index in [0.717, 1.165) is 50.9 Å². The smallest absolute Gasteiger partial charge is 0.220 e. The average Bonchev–Trinajstić information content (AvgIpc) is 3.39. The van der Waals surface area contributed by atoms with Crippen molar-refractivity contribution in [3.63, 3.8) is 0 Å². The summed E-state index contributed by atoms with van der Waals surface area (Å²) in [4.78, 5) is 19.0. The molecule has 0 spiro atoms. The molecule has 0 bridgehead atoms. The normalized spacial score (nSPS) is 24.4. The van der Waals surface area contributed by atoms with E-state index in [9.17, 15) is 4.79 Å². The van der Waals surface area contributed by atoms with Crippen LogP contribution < -0.4 is 10.6 Å². The van der Waals surface area contributed by atoms with E-state index in [0.29, 0.717) is 17.8 Å². The summed E-state index contributed by atoms with van der Waals surface area (Å²) in [7, 11) is 1.73. The number of nitrogens with one attached hydrogen (secondary N) is 2. The Bertz CT molecular complexity index is 460. The lowest BCUT2D eigenvalue weighted by atomic mass is 9.65. The highest BCUT2D eigenvalue weighted by Crippen LogP contribution is 2.57. The zero-order chi connectivity index (χ0) is 17.0. The maximum absolute atomic E-state index is 11.6. The Labute approximate surface area is 146 Å². The minimum atomic E-state index is 0.172. The second-order valence-corrected chi connectivity index (χ2v) is 7.97. The summed E-state index contributed by atoms with van der Waals surface area (Å²) in [5.41, 5.74) is 0.540. The van der Waals surface area contributed by atoms with Crippen LogP contribution in [0.4, 0.5) is 0 Å². The first kappa shape index (κ1) is 17.6. The number of nitrogens with zero attached hydrogens (tertiary/aromatic N) is 2. The van der Waals surface area contributed by atoms with Crippen molar-refractivity contribution in [1.82, 2.24) is 15.5 Å². The van der Waals surface area contributed by atoms with Gasteiger partial charge >= 0.3 is 0 Å². The van der Waals surface area contributed by atoms with E-state index < -0.39 is 0 Å². The average molecular weight is 335 g/mol. The molecule has 2 N–H and O–H groups in total. The lowest BCUT2D eigenvalue weighted by molar-refractivity contribution is -0.121. The number of piperidine rings is 1. The second kappa shape index (κ2) is 7.75. The van der Waals surface area contributed by atoms with E-state index in [4.69, 9.17) is 4.99 Å². The third-order valence-electron chi connectivity index (χ3n) is 6.34. The van der Waals surface area contributed by atoms with Gasteiger partial charge in [-0.1, -0.05) is 6.42 Å². The molecular formula is C19H34N4O. The Hall–Kier alpha value is -1.26. The van der Waals surface area contributed by atoms with Crippen LogP contribution >= 0.6 is 0 Å². The summed E-state index contributed by atoms with van der Waals surface area (Å²) < 4.78 is 0. The molecule has 5 nitrogen and oxygen atoms in total. The molecule has 0 unspecified atom stereocenters. The minimum Gasteiger partial charge on any atom is -0.359 e. The number of carbonyl (C=O) groups is 1. The zero-order valence-corrected chi connectivity index (χ0v) is 15.4. The number of carbonyl (C=O) groups excluding carboxylic acids is 1. The van der Waals surface area contributed by atoms with Crippen molar-refractivity contribution < 1.29 is 4.79 Å². The molecule has 136 valence electrons. The molecule has 0 radical (unpaired) electrons. The lowest BCUT2D eigenvalue weighted by Crippen LogP contribution is -2.47. The molecule has 0 aromatic rings. The number of hydrogen-bond donors (Lipinski definition) is 2. The van der Waals surface area contributed by atoms with Gasteiger partial charge in [-0.15, -0.1) is 0 Å². The third kappa shape index (κ3) is 4.04. The summed E-state index contributed by atoms with van der Waals surface area (Å²) in [5, 5.41) is 6.24. The molecule has 2 saturated carbocycles. The first-order valence-electron chi connectivity index (χ1n) is 9.90. The molecule has 1 saturated heterocycles. The van der Waals surface area contributed by atoms with Gasteiger partial charge in [-0.2, -0.15) is 0 Å². The second-order valence-electron chi connectivity index (χ2n) is 7.97. The molecule has 3 rings (SSSR count). The molecular weight excluding hydrogens is 300 g/mol. The monoisotopic (exact) mass is 334 g/mol. The Morgan fingerprint density at radius 1 is 1.21 bits per heavy atom. The van der Waals surface area contributed by atoms with Crippen molar-refractivity contribution >= 4 is 11.9 Å². The summed E-state index contributed by atoms with van der Waals surface area (Å²) >= 11 is 0. The van der Waals surface area contributed by atoms with E-state index in [1.165, 1.54) is 32.1 Å². The predicted octanol–water partition coefficient (Wildman–Crippen LogP) is 2.38. The van der Waals surface area contributed by atoms with Crippen molar-refractivity contribution in [3.8, 4) is 0 Å². The lowest BCUT2D eigenvalue weighted by Gasteiger charge is -2.42. The van der Waals surface area contributed by atoms with Crippen LogP contribution in [0.25, 0.3) is 0 Å². The third-order valence-corrected chi connectivity index (χ3v) is 6.34. The van der Waals surface area contributed by atoms with Crippen LogP contribution in [0, 0.1) is 17.3 Å². The van der Waals surface area contributed by atoms with Gasteiger partial charge in [0.2, 0.25) is 5.91 Å². The van der Waals surface area contributed by atoms with E-state index in [1.807, 2.05) is 0 Å². The highest BCUT2D eigenvalue weighted by atomic mass is 16.1. The summed E-state index contributed by atoms with van der Waals surface area (Å²) in [5.74, 6) is 2.75. The molecule has 1 aliphatic heterocycles. The van der Waals surface area contributed by atoms with Crippen molar-refractivity contribution in [3.05, 3.63) is 0 Å². The van der Waals surface area contributed by atoms with Gasteiger partial charge in [-0.05, 0) is 62.7 Å². The molecule has 1 heterocycles. The number of aliphatic imine (C=N–C) groups is 1. The van der Waals surface area contributed by atoms with Crippen molar-refractivity contribution in [2.75, 3.05) is 33.2 Å². The standard InChI is InChI=1S/C19H34N4O/c1-3-21-18(22-14-19(9-4-10-19)16-5-6-16)23-11-7-15(8-12-23)13-17(24)20-2/h15-16H,3-14H2,1-2H3,(H,20,24)(H,21,22). The van der Waals surface area contributed by atoms with Crippen LogP contribution in [0.15, 0.2) is 4.99 Å². The summed E-state index contributed by atoms with van der Waals surface area (Å²) in [6.07, 6.45) is 9.87. The number of amides is 1. The highest BCUT2D eigenvalue weighted by Gasteiger charge is 2.48. The zero-order valence-electron chi connectivity index (χ0n) is 15.4. The van der Waals surface area contributed by atoms with E-state index in [2.05, 4.69) is 22.5 Å². The van der Waals surface area contributed by atoms with Crippen LogP contribution in [0.2, 0.25) is 0 Å². The van der Waals surface area contributed by atoms with Crippen LogP contribution in [0.3, 0.4) is 0 Å². The fourth-order valence-electron chi connectivity index (χ4n) is 4.39. The molecule has 5 heteroatoms. The number of rotatable bonds is 6. The fraction of sp³-hybridized carbons (Fsp3) is 0.895. The predicted molar refractivity (Wildman–Crippen MR) is 98.0 cm³/mol. The van der Waals surface area contributed by atoms with Gasteiger partial charge in [-0.25, -0.2) is 0 Å². The van der Waals surface area contributed by atoms with E-state index >= 15 is 0 Å². The van der Waals surface area contributed by atoms with Crippen LogP contribution in [0.5, 0.6) is 0 Å². The van der Waals surface area contributed by atoms with Crippen LogP contribution in [0.1, 0.15) is 58.3 Å². The fourth-order valence-corrected chi connectivity index (χ4v) is 4.39. The molecule has 0 aromatic carbocycles. The molecule has 0 atom stereocenters. The van der Waals surface area contributed by atoms with Crippen molar-refractivity contribution in [2.45, 2.75) is 58.3 Å². The number of likely N-dealkylation sites (tertiary alicyclic amines) is 1. The van der Waals surface area contributed by atoms with Gasteiger partial charge < -0.3 is 15.5 Å². The molecule has 3 aliphatic rings. The van der Waals surface area contributed by atoms with Gasteiger partial charge in [0.15, 0.2) is 5.96 Å². The Morgan fingerprint density at radius 2 is 1.92 bits per heavy atom. The number of guanidine groups is 1. The Kier molecular flexibility index (Phi) is 5.67. The van der Waals surface area contributed by atoms with Gasteiger partial charge in [0.1, 0.15) is 0 Å². The number of hydrogen-bond acceptors (Lipinski definition) is 2. The Morgan fingerprint density at radius 3 is 2.42 bits per heavy atom. The topological polar surface area (TPSA) is 56.7 Å². The van der Waals surface area contributed by atoms with Gasteiger partial charge in [0.05, 0.1) is 0 Å². The maximum Gasteiger partial charge on any atom is 0.220 e. The highest BCUT2D eigenvalue weighted by molar-refractivity contribution is 5.80.